The molecule has 7 heteroatoms. The third-order valence-corrected chi connectivity index (χ3v) is 4.49. The van der Waals surface area contributed by atoms with E-state index >= 15 is 0 Å². The molecule has 3 N–H and O–H groups in total. The first-order valence-electron chi connectivity index (χ1n) is 7.12. The van der Waals surface area contributed by atoms with Crippen molar-refractivity contribution in [3.8, 4) is 5.75 Å². The average molecular weight is 456 g/mol. The highest BCUT2D eigenvalue weighted by molar-refractivity contribution is 9.11. The topological polar surface area (TPSA) is 78.4 Å². The van der Waals surface area contributed by atoms with Crippen molar-refractivity contribution in [2.24, 2.45) is 0 Å². The van der Waals surface area contributed by atoms with Crippen LogP contribution >= 0.6 is 31.9 Å². The number of hydrogen-bond donors (Lipinski definition) is 3. The zero-order chi connectivity index (χ0) is 17.9. The number of para-hydroxylation sites is 1. The Morgan fingerprint density at radius 1 is 1.12 bits per heavy atom. The van der Waals surface area contributed by atoms with Gasteiger partial charge in [-0.05, 0) is 53.0 Å². The van der Waals surface area contributed by atoms with Crippen LogP contribution in [0.3, 0.4) is 0 Å². The van der Waals surface area contributed by atoms with E-state index in [1.165, 1.54) is 6.07 Å². The highest BCUT2D eigenvalue weighted by atomic mass is 79.9. The maximum absolute atomic E-state index is 12.2. The zero-order valence-corrected chi connectivity index (χ0v) is 16.3. The number of carbonyl (C=O) groups is 2. The second kappa shape index (κ2) is 7.81. The van der Waals surface area contributed by atoms with Gasteiger partial charge in [0.1, 0.15) is 5.75 Å². The number of rotatable bonds is 4. The summed E-state index contributed by atoms with van der Waals surface area (Å²) in [6.45, 7) is 3.60. The number of halogens is 2. The normalized spacial score (nSPS) is 10.3. The van der Waals surface area contributed by atoms with Crippen molar-refractivity contribution in [3.05, 3.63) is 56.0 Å². The van der Waals surface area contributed by atoms with Gasteiger partial charge in [0.25, 0.3) is 5.91 Å². The molecular weight excluding hydrogens is 440 g/mol. The first-order valence-corrected chi connectivity index (χ1v) is 8.70. The largest absolute Gasteiger partial charge is 0.506 e. The van der Waals surface area contributed by atoms with Crippen LogP contribution in [0.25, 0.3) is 0 Å². The van der Waals surface area contributed by atoms with Crippen molar-refractivity contribution in [2.45, 2.75) is 13.8 Å². The number of aryl methyl sites for hydroxylation is 2. The first-order chi connectivity index (χ1) is 11.3. The summed E-state index contributed by atoms with van der Waals surface area (Å²) < 4.78 is 1.03. The molecule has 126 valence electrons. The molecule has 0 bridgehead atoms. The third kappa shape index (κ3) is 4.36. The molecule has 2 amide bonds. The number of benzene rings is 2. The molecule has 0 atom stereocenters. The van der Waals surface area contributed by atoms with Gasteiger partial charge in [0.15, 0.2) is 0 Å². The molecule has 2 rings (SSSR count). The zero-order valence-electron chi connectivity index (χ0n) is 13.1. The number of hydrogen-bond acceptors (Lipinski definition) is 3. The van der Waals surface area contributed by atoms with E-state index in [1.54, 1.807) is 6.07 Å². The molecule has 2 aromatic rings. The highest BCUT2D eigenvalue weighted by Gasteiger charge is 2.16. The van der Waals surface area contributed by atoms with Gasteiger partial charge in [0.05, 0.1) is 16.6 Å². The van der Waals surface area contributed by atoms with E-state index in [0.29, 0.717) is 8.95 Å². The van der Waals surface area contributed by atoms with Gasteiger partial charge in [-0.15, -0.1) is 0 Å². The fourth-order valence-electron chi connectivity index (χ4n) is 2.19. The minimum Gasteiger partial charge on any atom is -0.506 e. The molecular formula is C17H16Br2N2O3. The van der Waals surface area contributed by atoms with Crippen LogP contribution in [0.5, 0.6) is 5.75 Å². The summed E-state index contributed by atoms with van der Waals surface area (Å²) in [6, 6.07) is 8.82. The first kappa shape index (κ1) is 18.5. The number of amides is 2. The molecule has 0 aliphatic rings. The van der Waals surface area contributed by atoms with E-state index in [4.69, 9.17) is 0 Å². The lowest BCUT2D eigenvalue weighted by Gasteiger charge is -2.12. The maximum Gasteiger partial charge on any atom is 0.255 e. The summed E-state index contributed by atoms with van der Waals surface area (Å²) in [4.78, 5) is 24.2. The molecule has 0 aliphatic carbocycles. The van der Waals surface area contributed by atoms with E-state index in [0.717, 1.165) is 16.8 Å². The quantitative estimate of drug-likeness (QED) is 0.654. The van der Waals surface area contributed by atoms with E-state index in [9.17, 15) is 14.7 Å². The number of aromatic hydroxyl groups is 1. The number of anilines is 1. The number of nitrogens with one attached hydrogen (secondary N) is 2. The van der Waals surface area contributed by atoms with Crippen LogP contribution in [0.1, 0.15) is 21.5 Å². The summed E-state index contributed by atoms with van der Waals surface area (Å²) in [6.07, 6.45) is 0. The molecule has 0 fully saturated rings. The number of phenolic OH excluding ortho intramolecular Hbond substituents is 1. The predicted octanol–water partition coefficient (Wildman–Crippen LogP) is 3.90. The van der Waals surface area contributed by atoms with Crippen molar-refractivity contribution in [2.75, 3.05) is 11.9 Å². The smallest absolute Gasteiger partial charge is 0.255 e. The third-order valence-electron chi connectivity index (χ3n) is 3.43. The van der Waals surface area contributed by atoms with Crippen molar-refractivity contribution in [1.82, 2.24) is 5.32 Å². The van der Waals surface area contributed by atoms with Crippen molar-refractivity contribution >= 4 is 49.4 Å². The second-order valence-corrected chi connectivity index (χ2v) is 7.05. The van der Waals surface area contributed by atoms with E-state index in [2.05, 4.69) is 42.5 Å². The van der Waals surface area contributed by atoms with E-state index in [1.807, 2.05) is 32.0 Å². The van der Waals surface area contributed by atoms with Gasteiger partial charge < -0.3 is 15.7 Å². The van der Waals surface area contributed by atoms with Gasteiger partial charge in [0, 0.05) is 10.2 Å². The maximum atomic E-state index is 12.2. The Balaban J connectivity index is 2.03. The van der Waals surface area contributed by atoms with E-state index in [-0.39, 0.29) is 23.8 Å². The van der Waals surface area contributed by atoms with Gasteiger partial charge in [-0.2, -0.15) is 0 Å². The fourth-order valence-corrected chi connectivity index (χ4v) is 3.42. The summed E-state index contributed by atoms with van der Waals surface area (Å²) in [5, 5.41) is 15.2. The Labute approximate surface area is 156 Å². The molecule has 0 aliphatic heterocycles. The number of carbonyl (C=O) groups excluding carboxylic acids is 2. The highest BCUT2D eigenvalue weighted by Crippen LogP contribution is 2.31. The fraction of sp³-hybridized carbons (Fsp3) is 0.176. The lowest BCUT2D eigenvalue weighted by atomic mass is 10.1. The SMILES string of the molecule is Cc1cccc(C)c1NC(=O)CNC(=O)c1cc(Br)cc(Br)c1O. The van der Waals surface area contributed by atoms with Crippen LogP contribution < -0.4 is 10.6 Å². The van der Waals surface area contributed by atoms with Gasteiger partial charge in [-0.25, -0.2) is 0 Å². The van der Waals surface area contributed by atoms with Crippen molar-refractivity contribution < 1.29 is 14.7 Å². The molecule has 0 radical (unpaired) electrons. The second-order valence-electron chi connectivity index (χ2n) is 5.28. The van der Waals surface area contributed by atoms with E-state index < -0.39 is 5.91 Å². The Bertz CT molecular complexity index is 786. The molecule has 24 heavy (non-hydrogen) atoms. The Kier molecular flexibility index (Phi) is 6.01. The standard InChI is InChI=1S/C17H16Br2N2O3/c1-9-4-3-5-10(2)15(9)21-14(22)8-20-17(24)12-6-11(18)7-13(19)16(12)23/h3-7,23H,8H2,1-2H3,(H,20,24)(H,21,22). The van der Waals surface area contributed by atoms with Crippen LogP contribution in [0.2, 0.25) is 0 Å². The Morgan fingerprint density at radius 2 is 1.75 bits per heavy atom. The lowest BCUT2D eigenvalue weighted by molar-refractivity contribution is -0.115. The predicted molar refractivity (Wildman–Crippen MR) is 100 cm³/mol. The minimum absolute atomic E-state index is 0.0797. The minimum atomic E-state index is -0.536. The summed E-state index contributed by atoms with van der Waals surface area (Å²) in [5.41, 5.74) is 2.72. The summed E-state index contributed by atoms with van der Waals surface area (Å²) in [5.74, 6) is -1.05. The summed E-state index contributed by atoms with van der Waals surface area (Å²) >= 11 is 6.42. The molecule has 2 aromatic carbocycles. The molecule has 0 aromatic heterocycles. The molecule has 5 nitrogen and oxygen atoms in total. The number of phenols is 1. The van der Waals surface area contributed by atoms with Crippen molar-refractivity contribution in [3.63, 3.8) is 0 Å². The van der Waals surface area contributed by atoms with Crippen LogP contribution in [-0.4, -0.2) is 23.5 Å². The molecule has 0 saturated heterocycles. The van der Waals surface area contributed by atoms with Crippen LogP contribution in [-0.2, 0) is 4.79 Å². The van der Waals surface area contributed by atoms with Crippen LogP contribution in [0, 0.1) is 13.8 Å². The Hall–Kier alpha value is -1.86. The molecule has 0 heterocycles. The van der Waals surface area contributed by atoms with Crippen LogP contribution in [0.4, 0.5) is 5.69 Å². The monoisotopic (exact) mass is 454 g/mol. The van der Waals surface area contributed by atoms with Gasteiger partial charge in [-0.3, -0.25) is 9.59 Å². The average Bonchev–Trinajstić information content (AvgIpc) is 2.52. The van der Waals surface area contributed by atoms with Crippen LogP contribution in [0.15, 0.2) is 39.3 Å². The van der Waals surface area contributed by atoms with Gasteiger partial charge >= 0.3 is 0 Å². The van der Waals surface area contributed by atoms with Gasteiger partial charge in [-0.1, -0.05) is 34.1 Å². The van der Waals surface area contributed by atoms with Gasteiger partial charge in [0.2, 0.25) is 5.91 Å². The van der Waals surface area contributed by atoms with Crippen molar-refractivity contribution in [1.29, 1.82) is 0 Å². The summed E-state index contributed by atoms with van der Waals surface area (Å²) in [7, 11) is 0. The Morgan fingerprint density at radius 3 is 2.38 bits per heavy atom. The molecule has 0 unspecified atom stereocenters. The lowest BCUT2D eigenvalue weighted by Crippen LogP contribution is -2.33. The molecule has 0 spiro atoms. The molecule has 0 saturated carbocycles.